The Hall–Kier alpha value is -2.08. The normalized spacial score (nSPS) is 26.4. The van der Waals surface area contributed by atoms with Gasteiger partial charge in [0, 0.05) is 61.9 Å². The average Bonchev–Trinajstić information content (AvgIpc) is 3.02. The summed E-state index contributed by atoms with van der Waals surface area (Å²) in [6.07, 6.45) is 10.5. The Morgan fingerprint density at radius 1 is 0.953 bits per heavy atom. The standard InChI is InChI=1S/C32H42F4N4OS2/c33-25-5-11-29(12-6-25)43(41)30-13-7-26(8-14-30)37-27-15-18-40(19-16-27)31(42)2-1-17-38-20-22-39(23-21-38)28-9-3-24(4-10-28)32(34,35)36/h3,5-7,9-13,24,26-27,30,37H,1-2,4,8,14-23H2. The number of hydrogen-bond acceptors (Lipinski definition) is 5. The highest BCUT2D eigenvalue weighted by atomic mass is 32.2. The Morgan fingerprint density at radius 2 is 1.67 bits per heavy atom. The number of thiocarbonyl (C=S) groups is 1. The van der Waals surface area contributed by atoms with Crippen LogP contribution < -0.4 is 5.32 Å². The van der Waals surface area contributed by atoms with Gasteiger partial charge >= 0.3 is 6.18 Å². The number of allylic oxidation sites excluding steroid dienone is 3. The number of piperazine rings is 1. The van der Waals surface area contributed by atoms with Gasteiger partial charge in [0.05, 0.1) is 27.0 Å². The molecule has 2 fully saturated rings. The van der Waals surface area contributed by atoms with Crippen molar-refractivity contribution < 1.29 is 21.8 Å². The van der Waals surface area contributed by atoms with Crippen molar-refractivity contribution in [3.8, 4) is 0 Å². The lowest BCUT2D eigenvalue weighted by Crippen LogP contribution is -2.48. The lowest BCUT2D eigenvalue weighted by molar-refractivity contribution is -0.160. The van der Waals surface area contributed by atoms with E-state index in [1.54, 1.807) is 24.3 Å². The van der Waals surface area contributed by atoms with Crippen LogP contribution in [0.3, 0.4) is 0 Å². The minimum atomic E-state index is -4.17. The van der Waals surface area contributed by atoms with Gasteiger partial charge in [0.25, 0.3) is 0 Å². The van der Waals surface area contributed by atoms with Crippen LogP contribution in [0.4, 0.5) is 17.6 Å². The second-order valence-corrected chi connectivity index (χ2v) is 14.1. The van der Waals surface area contributed by atoms with E-state index in [4.69, 9.17) is 12.2 Å². The Bertz CT molecular complexity index is 1200. The smallest absolute Gasteiger partial charge is 0.369 e. The third-order valence-electron chi connectivity index (χ3n) is 9.04. The highest BCUT2D eigenvalue weighted by molar-refractivity contribution is 7.85. The molecule has 4 atom stereocenters. The second kappa shape index (κ2) is 14.8. The first-order valence-corrected chi connectivity index (χ1v) is 17.1. The molecule has 2 aliphatic carbocycles. The highest BCUT2D eigenvalue weighted by Crippen LogP contribution is 2.34. The molecule has 0 aromatic heterocycles. The zero-order chi connectivity index (χ0) is 30.4. The topological polar surface area (TPSA) is 38.8 Å². The molecule has 236 valence electrons. The van der Waals surface area contributed by atoms with E-state index in [2.05, 4.69) is 32.2 Å². The molecule has 43 heavy (non-hydrogen) atoms. The van der Waals surface area contributed by atoms with E-state index in [1.807, 2.05) is 0 Å². The Labute approximate surface area is 260 Å². The summed E-state index contributed by atoms with van der Waals surface area (Å²) in [6, 6.07) is 6.68. The van der Waals surface area contributed by atoms with Crippen molar-refractivity contribution in [2.45, 2.75) is 73.4 Å². The van der Waals surface area contributed by atoms with Crippen molar-refractivity contribution in [3.05, 3.63) is 66.2 Å². The van der Waals surface area contributed by atoms with Crippen LogP contribution in [0.5, 0.6) is 0 Å². The van der Waals surface area contributed by atoms with Crippen molar-refractivity contribution in [2.24, 2.45) is 5.92 Å². The van der Waals surface area contributed by atoms with Crippen LogP contribution in [0.1, 0.15) is 44.9 Å². The van der Waals surface area contributed by atoms with E-state index < -0.39 is 22.9 Å². The van der Waals surface area contributed by atoms with Crippen LogP contribution in [-0.4, -0.2) is 93.2 Å². The summed E-state index contributed by atoms with van der Waals surface area (Å²) in [4.78, 5) is 8.68. The van der Waals surface area contributed by atoms with Crippen LogP contribution >= 0.6 is 12.2 Å². The summed E-state index contributed by atoms with van der Waals surface area (Å²) < 4.78 is 64.8. The van der Waals surface area contributed by atoms with E-state index in [0.29, 0.717) is 10.9 Å². The molecule has 1 aromatic rings. The summed E-state index contributed by atoms with van der Waals surface area (Å²) in [5.74, 6) is -1.67. The molecule has 0 spiro atoms. The Balaban J connectivity index is 0.947. The van der Waals surface area contributed by atoms with Crippen molar-refractivity contribution in [1.82, 2.24) is 20.0 Å². The minimum absolute atomic E-state index is 0.0293. The molecule has 0 saturated carbocycles. The molecule has 4 aliphatic rings. The van der Waals surface area contributed by atoms with Crippen LogP contribution in [-0.2, 0) is 10.8 Å². The van der Waals surface area contributed by atoms with Gasteiger partial charge in [0.2, 0.25) is 0 Å². The number of nitrogens with one attached hydrogen (secondary N) is 1. The predicted octanol–water partition coefficient (Wildman–Crippen LogP) is 5.82. The quantitative estimate of drug-likeness (QED) is 0.209. The second-order valence-electron chi connectivity index (χ2n) is 12.0. The van der Waals surface area contributed by atoms with E-state index in [0.717, 1.165) is 95.0 Å². The highest BCUT2D eigenvalue weighted by Gasteiger charge is 2.38. The number of benzene rings is 1. The molecular formula is C32H42F4N4OS2. The van der Waals surface area contributed by atoms with Crippen LogP contribution in [0.15, 0.2) is 65.2 Å². The summed E-state index contributed by atoms with van der Waals surface area (Å²) in [6.45, 7) is 6.40. The maximum Gasteiger partial charge on any atom is 0.395 e. The number of piperidine rings is 1. The maximum absolute atomic E-state index is 13.2. The van der Waals surface area contributed by atoms with Crippen molar-refractivity contribution in [3.63, 3.8) is 0 Å². The molecule has 0 amide bonds. The molecule has 1 N–H and O–H groups in total. The molecular weight excluding hydrogens is 597 g/mol. The summed E-state index contributed by atoms with van der Waals surface area (Å²) in [5.41, 5.74) is 0.918. The van der Waals surface area contributed by atoms with Gasteiger partial charge in [-0.3, -0.25) is 9.11 Å². The third-order valence-corrected chi connectivity index (χ3v) is 11.2. The number of alkyl halides is 3. The maximum atomic E-state index is 13.2. The fourth-order valence-corrected chi connectivity index (χ4v) is 8.05. The molecule has 1 aromatic carbocycles. The number of rotatable bonds is 9. The average molecular weight is 639 g/mol. The Kier molecular flexibility index (Phi) is 11.1. The first-order chi connectivity index (χ1) is 20.7. The number of hydrogen-bond donors (Lipinski definition) is 1. The lowest BCUT2D eigenvalue weighted by atomic mass is 9.98. The zero-order valence-corrected chi connectivity index (χ0v) is 26.1. The van der Waals surface area contributed by atoms with Gasteiger partial charge in [-0.25, -0.2) is 4.39 Å². The van der Waals surface area contributed by atoms with Gasteiger partial charge in [0.1, 0.15) is 5.82 Å². The van der Waals surface area contributed by atoms with E-state index in [1.165, 1.54) is 18.2 Å². The van der Waals surface area contributed by atoms with E-state index in [9.17, 15) is 21.8 Å². The first-order valence-electron chi connectivity index (χ1n) is 15.5. The molecule has 4 unspecified atom stereocenters. The molecule has 0 bridgehead atoms. The Morgan fingerprint density at radius 3 is 2.28 bits per heavy atom. The fraction of sp³-hybridized carbons (Fsp3) is 0.594. The summed E-state index contributed by atoms with van der Waals surface area (Å²) in [5, 5.41) is 3.74. The minimum Gasteiger partial charge on any atom is -0.369 e. The molecule has 0 radical (unpaired) electrons. The van der Waals surface area contributed by atoms with Crippen LogP contribution in [0.25, 0.3) is 0 Å². The largest absolute Gasteiger partial charge is 0.395 e. The summed E-state index contributed by atoms with van der Waals surface area (Å²) >= 11 is 5.79. The number of halogens is 4. The molecule has 2 heterocycles. The number of nitrogens with zero attached hydrogens (tertiary/aromatic N) is 3. The molecule has 11 heteroatoms. The first kappa shape index (κ1) is 32.3. The number of likely N-dealkylation sites (tertiary alicyclic amines) is 1. The fourth-order valence-electron chi connectivity index (χ4n) is 6.38. The summed E-state index contributed by atoms with van der Waals surface area (Å²) in [7, 11) is -1.16. The van der Waals surface area contributed by atoms with Crippen LogP contribution in [0, 0.1) is 11.7 Å². The third kappa shape index (κ3) is 8.99. The lowest BCUT2D eigenvalue weighted by Gasteiger charge is -2.38. The molecule has 2 aliphatic heterocycles. The van der Waals surface area contributed by atoms with Gasteiger partial charge in [-0.1, -0.05) is 36.5 Å². The monoisotopic (exact) mass is 638 g/mol. The van der Waals surface area contributed by atoms with Crippen LogP contribution in [0.2, 0.25) is 0 Å². The van der Waals surface area contributed by atoms with E-state index >= 15 is 0 Å². The van der Waals surface area contributed by atoms with Gasteiger partial charge in [0.15, 0.2) is 0 Å². The van der Waals surface area contributed by atoms with Gasteiger partial charge in [-0.15, -0.1) is 0 Å². The SMILES string of the molecule is O=S(c1ccc(F)cc1)C1C=CC(NC2CCN(C(=S)CCCN3CCN(C4=CCC(C(F)(F)F)C=C4)CC3)CC2)CC1. The van der Waals surface area contributed by atoms with Crippen molar-refractivity contribution in [1.29, 1.82) is 0 Å². The van der Waals surface area contributed by atoms with Gasteiger partial charge in [-0.2, -0.15) is 13.2 Å². The van der Waals surface area contributed by atoms with Gasteiger partial charge < -0.3 is 15.1 Å². The van der Waals surface area contributed by atoms with Gasteiger partial charge in [-0.05, 0) is 81.8 Å². The zero-order valence-electron chi connectivity index (χ0n) is 24.5. The van der Waals surface area contributed by atoms with E-state index in [-0.39, 0.29) is 23.5 Å². The molecule has 5 nitrogen and oxygen atoms in total. The molecule has 5 rings (SSSR count). The predicted molar refractivity (Wildman–Crippen MR) is 168 cm³/mol. The van der Waals surface area contributed by atoms with Crippen molar-refractivity contribution >= 4 is 28.0 Å². The van der Waals surface area contributed by atoms with Crippen molar-refractivity contribution in [2.75, 3.05) is 45.8 Å². The molecule has 2 saturated heterocycles.